The minimum Gasteiger partial charge on any atom is -0.211 e. The Morgan fingerprint density at radius 3 is 1.97 bits per heavy atom. The fraction of sp³-hybridized carbons (Fsp3) is 0.400. The third kappa shape index (κ3) is 6.36. The van der Waals surface area contributed by atoms with Crippen molar-refractivity contribution < 1.29 is 16.8 Å². The summed E-state index contributed by atoms with van der Waals surface area (Å²) >= 11 is 3.28. The van der Waals surface area contributed by atoms with Crippen molar-refractivity contribution in [2.45, 2.75) is 54.4 Å². The first-order valence-electron chi connectivity index (χ1n) is 9.63. The predicted molar refractivity (Wildman–Crippen MR) is 117 cm³/mol. The van der Waals surface area contributed by atoms with Crippen LogP contribution in [0.3, 0.4) is 0 Å². The molecule has 2 aromatic rings. The van der Waals surface area contributed by atoms with E-state index in [1.165, 1.54) is 18.6 Å². The van der Waals surface area contributed by atoms with E-state index in [4.69, 9.17) is 0 Å². The number of hydrogen-bond donors (Lipinski definition) is 2. The summed E-state index contributed by atoms with van der Waals surface area (Å²) in [6.07, 6.45) is 5.51. The van der Waals surface area contributed by atoms with Crippen molar-refractivity contribution in [3.8, 4) is 0 Å². The molecule has 29 heavy (non-hydrogen) atoms. The second-order valence-corrected chi connectivity index (χ2v) is 11.6. The summed E-state index contributed by atoms with van der Waals surface area (Å²) in [5.74, 6) is 0. The molecule has 0 bridgehead atoms. The monoisotopic (exact) mass is 500 g/mol. The zero-order valence-corrected chi connectivity index (χ0v) is 19.2. The van der Waals surface area contributed by atoms with E-state index in [2.05, 4.69) is 25.4 Å². The van der Waals surface area contributed by atoms with Gasteiger partial charge in [-0.05, 0) is 61.2 Å². The van der Waals surface area contributed by atoms with Gasteiger partial charge in [-0.15, -0.1) is 0 Å². The molecule has 0 aromatic heterocycles. The van der Waals surface area contributed by atoms with Crippen LogP contribution < -0.4 is 9.44 Å². The van der Waals surface area contributed by atoms with Crippen LogP contribution in [0, 0.1) is 0 Å². The van der Waals surface area contributed by atoms with Gasteiger partial charge in [0, 0.05) is 17.1 Å². The third-order valence-corrected chi connectivity index (χ3v) is 8.53. The van der Waals surface area contributed by atoms with Crippen molar-refractivity contribution in [2.24, 2.45) is 0 Å². The summed E-state index contributed by atoms with van der Waals surface area (Å²) in [5, 5.41) is 0. The summed E-state index contributed by atoms with van der Waals surface area (Å²) in [4.78, 5) is 0.443. The maximum atomic E-state index is 12.5. The Hall–Kier alpha value is -1.26. The number of rotatable bonds is 8. The third-order valence-electron chi connectivity index (χ3n) is 4.99. The van der Waals surface area contributed by atoms with Crippen molar-refractivity contribution in [3.05, 3.63) is 58.6 Å². The molecular weight excluding hydrogens is 476 g/mol. The number of benzene rings is 2. The number of nitrogens with one attached hydrogen (secondary N) is 2. The highest BCUT2D eigenvalue weighted by molar-refractivity contribution is 9.10. The van der Waals surface area contributed by atoms with Gasteiger partial charge in [-0.25, -0.2) is 26.3 Å². The van der Waals surface area contributed by atoms with Crippen molar-refractivity contribution in [1.82, 2.24) is 9.44 Å². The zero-order valence-electron chi connectivity index (χ0n) is 16.0. The van der Waals surface area contributed by atoms with Gasteiger partial charge in [0.25, 0.3) is 0 Å². The second-order valence-electron chi connectivity index (χ2n) is 7.20. The smallest absolute Gasteiger partial charge is 0.211 e. The molecule has 0 amide bonds. The van der Waals surface area contributed by atoms with Crippen LogP contribution in [-0.4, -0.2) is 29.4 Å². The lowest BCUT2D eigenvalue weighted by Gasteiger charge is -2.22. The summed E-state index contributed by atoms with van der Waals surface area (Å²) in [6, 6.07) is 13.0. The topological polar surface area (TPSA) is 92.3 Å². The summed E-state index contributed by atoms with van der Waals surface area (Å²) < 4.78 is 55.8. The molecular formula is C20H25BrN2O4S2. The van der Waals surface area contributed by atoms with E-state index in [0.717, 1.165) is 35.7 Å². The molecule has 1 fully saturated rings. The van der Waals surface area contributed by atoms with Crippen molar-refractivity contribution in [3.63, 3.8) is 0 Å². The van der Waals surface area contributed by atoms with Gasteiger partial charge in [-0.2, -0.15) is 0 Å². The van der Waals surface area contributed by atoms with E-state index < -0.39 is 20.0 Å². The average molecular weight is 501 g/mol. The van der Waals surface area contributed by atoms with Gasteiger partial charge in [0.1, 0.15) is 0 Å². The minimum absolute atomic E-state index is 0.0152. The summed E-state index contributed by atoms with van der Waals surface area (Å²) in [6.45, 7) is 0.227. The van der Waals surface area contributed by atoms with E-state index >= 15 is 0 Å². The first-order chi connectivity index (χ1) is 13.8. The average Bonchev–Trinajstić information content (AvgIpc) is 2.69. The fourth-order valence-electron chi connectivity index (χ4n) is 3.37. The number of hydrogen-bond acceptors (Lipinski definition) is 4. The standard InChI is InChI=1S/C20H25BrN2O4S2/c21-17-8-12-19(13-9-17)28(24,25)22-15-14-16-6-10-20(11-7-16)29(26,27)23-18-4-2-1-3-5-18/h6-13,18,22-23H,1-5,14-15H2. The van der Waals surface area contributed by atoms with E-state index in [1.807, 2.05) is 0 Å². The quantitative estimate of drug-likeness (QED) is 0.579. The van der Waals surface area contributed by atoms with E-state index in [9.17, 15) is 16.8 Å². The van der Waals surface area contributed by atoms with Crippen LogP contribution in [0.25, 0.3) is 0 Å². The van der Waals surface area contributed by atoms with Gasteiger partial charge in [-0.3, -0.25) is 0 Å². The van der Waals surface area contributed by atoms with Gasteiger partial charge < -0.3 is 0 Å². The maximum Gasteiger partial charge on any atom is 0.240 e. The molecule has 0 aliphatic heterocycles. The summed E-state index contributed by atoms with van der Waals surface area (Å²) in [7, 11) is -7.10. The van der Waals surface area contributed by atoms with Crippen LogP contribution in [0.2, 0.25) is 0 Å². The highest BCUT2D eigenvalue weighted by atomic mass is 79.9. The number of halogens is 1. The molecule has 0 heterocycles. The molecule has 1 aliphatic carbocycles. The minimum atomic E-state index is -3.57. The van der Waals surface area contributed by atoms with Crippen LogP contribution in [0.15, 0.2) is 62.8 Å². The van der Waals surface area contributed by atoms with Gasteiger partial charge in [-0.1, -0.05) is 47.3 Å². The SMILES string of the molecule is O=S(=O)(NCCc1ccc(S(=O)(=O)NC2CCCCC2)cc1)c1ccc(Br)cc1. The predicted octanol–water partition coefficient (Wildman–Crippen LogP) is 3.58. The molecule has 9 heteroatoms. The van der Waals surface area contributed by atoms with E-state index in [-0.39, 0.29) is 22.4 Å². The van der Waals surface area contributed by atoms with Crippen LogP contribution in [0.5, 0.6) is 0 Å². The molecule has 0 spiro atoms. The summed E-state index contributed by atoms with van der Waals surface area (Å²) in [5.41, 5.74) is 0.861. The number of sulfonamides is 2. The van der Waals surface area contributed by atoms with Crippen molar-refractivity contribution in [1.29, 1.82) is 0 Å². The Bertz CT molecular complexity index is 1020. The van der Waals surface area contributed by atoms with Crippen molar-refractivity contribution in [2.75, 3.05) is 6.54 Å². The molecule has 1 aliphatic rings. The lowest BCUT2D eigenvalue weighted by molar-refractivity contribution is 0.412. The Morgan fingerprint density at radius 1 is 0.793 bits per heavy atom. The Labute approximate surface area is 181 Å². The molecule has 2 N–H and O–H groups in total. The van der Waals surface area contributed by atoms with E-state index in [0.29, 0.717) is 6.42 Å². The molecule has 0 atom stereocenters. The molecule has 0 radical (unpaired) electrons. The van der Waals surface area contributed by atoms with Gasteiger partial charge in [0.15, 0.2) is 0 Å². The van der Waals surface area contributed by atoms with Crippen LogP contribution in [0.1, 0.15) is 37.7 Å². The maximum absolute atomic E-state index is 12.5. The Kier molecular flexibility index (Phi) is 7.50. The van der Waals surface area contributed by atoms with Gasteiger partial charge >= 0.3 is 0 Å². The highest BCUT2D eigenvalue weighted by Gasteiger charge is 2.21. The Balaban J connectivity index is 1.55. The second kappa shape index (κ2) is 9.70. The largest absolute Gasteiger partial charge is 0.240 e. The van der Waals surface area contributed by atoms with Crippen molar-refractivity contribution >= 4 is 36.0 Å². The molecule has 158 valence electrons. The van der Waals surface area contributed by atoms with Crippen LogP contribution >= 0.6 is 15.9 Å². The molecule has 2 aromatic carbocycles. The molecule has 6 nitrogen and oxygen atoms in total. The highest BCUT2D eigenvalue weighted by Crippen LogP contribution is 2.20. The van der Waals surface area contributed by atoms with E-state index in [1.54, 1.807) is 36.4 Å². The lowest BCUT2D eigenvalue weighted by Crippen LogP contribution is -2.36. The first kappa shape index (κ1) is 22.4. The normalized spacial score (nSPS) is 16.0. The lowest BCUT2D eigenvalue weighted by atomic mass is 9.96. The van der Waals surface area contributed by atoms with Gasteiger partial charge in [0.05, 0.1) is 9.79 Å². The van der Waals surface area contributed by atoms with Crippen LogP contribution in [0.4, 0.5) is 0 Å². The van der Waals surface area contributed by atoms with Gasteiger partial charge in [0.2, 0.25) is 20.0 Å². The molecule has 0 saturated heterocycles. The Morgan fingerprint density at radius 2 is 1.34 bits per heavy atom. The fourth-order valence-corrected chi connectivity index (χ4v) is 5.97. The first-order valence-corrected chi connectivity index (χ1v) is 13.4. The molecule has 3 rings (SSSR count). The zero-order chi connectivity index (χ0) is 20.9. The molecule has 0 unspecified atom stereocenters. The van der Waals surface area contributed by atoms with Crippen LogP contribution in [-0.2, 0) is 26.5 Å². The molecule has 1 saturated carbocycles.